The lowest BCUT2D eigenvalue weighted by molar-refractivity contribution is 0.303. The number of hydrogen-bond acceptors (Lipinski definition) is 2. The maximum Gasteiger partial charge on any atom is 0.114 e. The maximum atomic E-state index is 4.97. The Bertz CT molecular complexity index is 138. The molecule has 2 heteroatoms. The fourth-order valence-corrected chi connectivity index (χ4v) is 0.741. The first kappa shape index (κ1) is 10.2. The summed E-state index contributed by atoms with van der Waals surface area (Å²) in [5.41, 5.74) is 4.85. The summed E-state index contributed by atoms with van der Waals surface area (Å²) in [6.07, 6.45) is 8.51. The zero-order chi connectivity index (χ0) is 8.53. The molecule has 0 saturated carbocycles. The van der Waals surface area contributed by atoms with Gasteiger partial charge in [-0.1, -0.05) is 13.0 Å². The molecule has 2 nitrogen and oxygen atoms in total. The van der Waals surface area contributed by atoms with Crippen molar-refractivity contribution in [3.05, 3.63) is 24.0 Å². The van der Waals surface area contributed by atoms with E-state index in [0.717, 1.165) is 25.1 Å². The van der Waals surface area contributed by atoms with Crippen molar-refractivity contribution in [3.63, 3.8) is 0 Å². The van der Waals surface area contributed by atoms with Crippen LogP contribution in [0.1, 0.15) is 19.8 Å². The van der Waals surface area contributed by atoms with Crippen LogP contribution < -0.4 is 5.73 Å². The van der Waals surface area contributed by atoms with Crippen LogP contribution in [-0.4, -0.2) is 13.7 Å². The van der Waals surface area contributed by atoms with Gasteiger partial charge in [-0.15, -0.1) is 0 Å². The van der Waals surface area contributed by atoms with Crippen LogP contribution in [0.3, 0.4) is 0 Å². The van der Waals surface area contributed by atoms with Gasteiger partial charge < -0.3 is 10.5 Å². The van der Waals surface area contributed by atoms with Crippen LogP contribution in [0.25, 0.3) is 0 Å². The monoisotopic (exact) mass is 155 g/mol. The van der Waals surface area contributed by atoms with Gasteiger partial charge in [0.05, 0.1) is 7.11 Å². The predicted octanol–water partition coefficient (Wildman–Crippen LogP) is 1.83. The Morgan fingerprint density at radius 1 is 1.55 bits per heavy atom. The number of hydrogen-bond donors (Lipinski definition) is 1. The molecule has 0 aromatic heterocycles. The molecule has 64 valence electrons. The minimum absolute atomic E-state index is 0.750. The van der Waals surface area contributed by atoms with Gasteiger partial charge >= 0.3 is 0 Å². The molecule has 0 atom stereocenters. The van der Waals surface area contributed by atoms with Gasteiger partial charge in [0.1, 0.15) is 5.76 Å². The molecule has 1 aliphatic carbocycles. The number of rotatable bonds is 1. The van der Waals surface area contributed by atoms with Gasteiger partial charge in [-0.25, -0.2) is 0 Å². The van der Waals surface area contributed by atoms with Crippen molar-refractivity contribution in [1.29, 1.82) is 0 Å². The number of methoxy groups -OCH3 is 1. The van der Waals surface area contributed by atoms with Gasteiger partial charge in [0.15, 0.2) is 0 Å². The summed E-state index contributed by atoms with van der Waals surface area (Å²) in [6.45, 7) is 2.65. The van der Waals surface area contributed by atoms with Crippen LogP contribution in [0.5, 0.6) is 0 Å². The lowest BCUT2D eigenvalue weighted by Gasteiger charge is -2.02. The third-order valence-corrected chi connectivity index (χ3v) is 1.20. The highest BCUT2D eigenvalue weighted by Crippen LogP contribution is 2.08. The second-order valence-corrected chi connectivity index (χ2v) is 2.20. The van der Waals surface area contributed by atoms with Crippen LogP contribution in [0.15, 0.2) is 24.0 Å². The van der Waals surface area contributed by atoms with E-state index in [1.54, 1.807) is 7.11 Å². The number of ether oxygens (including phenoxy) is 1. The Hall–Kier alpha value is -0.760. The second kappa shape index (κ2) is 7.35. The largest absolute Gasteiger partial charge is 0.497 e. The van der Waals surface area contributed by atoms with Crippen LogP contribution in [0.4, 0.5) is 0 Å². The topological polar surface area (TPSA) is 35.2 Å². The lowest BCUT2D eigenvalue weighted by Crippen LogP contribution is -1.87. The highest BCUT2D eigenvalue weighted by molar-refractivity contribution is 5.15. The summed E-state index contributed by atoms with van der Waals surface area (Å²) >= 11 is 0. The van der Waals surface area contributed by atoms with Crippen molar-refractivity contribution >= 4 is 0 Å². The fourth-order valence-electron chi connectivity index (χ4n) is 0.741. The molecule has 0 bridgehead atoms. The van der Waals surface area contributed by atoms with Crippen molar-refractivity contribution in [1.82, 2.24) is 0 Å². The van der Waals surface area contributed by atoms with E-state index >= 15 is 0 Å². The summed E-state index contributed by atoms with van der Waals surface area (Å²) in [4.78, 5) is 0. The Kier molecular flexibility index (Phi) is 6.84. The van der Waals surface area contributed by atoms with Crippen LogP contribution >= 0.6 is 0 Å². The molecule has 0 aliphatic heterocycles. The molecular weight excluding hydrogens is 138 g/mol. The molecule has 0 saturated heterocycles. The number of nitrogens with two attached hydrogens (primary N) is 1. The van der Waals surface area contributed by atoms with Crippen LogP contribution in [-0.2, 0) is 4.74 Å². The van der Waals surface area contributed by atoms with Crippen LogP contribution in [0.2, 0.25) is 0 Å². The van der Waals surface area contributed by atoms with Gasteiger partial charge in [0.25, 0.3) is 0 Å². The third kappa shape index (κ3) is 5.67. The van der Waals surface area contributed by atoms with E-state index in [4.69, 9.17) is 10.5 Å². The van der Waals surface area contributed by atoms with Gasteiger partial charge in [0.2, 0.25) is 0 Å². The quantitative estimate of drug-likeness (QED) is 0.627. The Balaban J connectivity index is 0.000000292. The first-order chi connectivity index (χ1) is 5.35. The van der Waals surface area contributed by atoms with Crippen molar-refractivity contribution in [2.75, 3.05) is 13.7 Å². The van der Waals surface area contributed by atoms with E-state index in [1.807, 2.05) is 13.0 Å². The van der Waals surface area contributed by atoms with Crippen molar-refractivity contribution in [2.45, 2.75) is 19.8 Å². The molecule has 2 N–H and O–H groups in total. The zero-order valence-corrected chi connectivity index (χ0v) is 7.34. The first-order valence-electron chi connectivity index (χ1n) is 3.95. The van der Waals surface area contributed by atoms with Gasteiger partial charge in [-0.3, -0.25) is 0 Å². The molecule has 0 amide bonds. The molecule has 0 aromatic carbocycles. The van der Waals surface area contributed by atoms with E-state index < -0.39 is 0 Å². The average molecular weight is 155 g/mol. The zero-order valence-electron chi connectivity index (χ0n) is 7.34. The Morgan fingerprint density at radius 3 is 2.45 bits per heavy atom. The normalized spacial score (nSPS) is 14.6. The maximum absolute atomic E-state index is 4.97. The molecule has 0 spiro atoms. The average Bonchev–Trinajstić information content (AvgIpc) is 2.08. The smallest absolute Gasteiger partial charge is 0.114 e. The SMILES string of the molecule is CCN.COC1=CCCC=C1. The van der Waals surface area contributed by atoms with E-state index in [1.165, 1.54) is 0 Å². The first-order valence-corrected chi connectivity index (χ1v) is 3.95. The van der Waals surface area contributed by atoms with Crippen molar-refractivity contribution < 1.29 is 4.74 Å². The predicted molar refractivity (Wildman–Crippen MR) is 48.2 cm³/mol. The summed E-state index contributed by atoms with van der Waals surface area (Å²) in [6, 6.07) is 0. The van der Waals surface area contributed by atoms with Gasteiger partial charge in [-0.05, 0) is 31.5 Å². The highest BCUT2D eigenvalue weighted by atomic mass is 16.5. The lowest BCUT2D eigenvalue weighted by atomic mass is 10.2. The summed E-state index contributed by atoms with van der Waals surface area (Å²) in [7, 11) is 1.70. The molecule has 1 aliphatic rings. The van der Waals surface area contributed by atoms with E-state index in [2.05, 4.69) is 12.2 Å². The second-order valence-electron chi connectivity index (χ2n) is 2.20. The van der Waals surface area contributed by atoms with Crippen molar-refractivity contribution in [3.8, 4) is 0 Å². The number of allylic oxidation sites excluding steroid dienone is 3. The van der Waals surface area contributed by atoms with Gasteiger partial charge in [0, 0.05) is 0 Å². The highest BCUT2D eigenvalue weighted by Gasteiger charge is 1.92. The van der Waals surface area contributed by atoms with E-state index in [0.29, 0.717) is 0 Å². The summed E-state index contributed by atoms with van der Waals surface area (Å²) in [5.74, 6) is 0.997. The third-order valence-electron chi connectivity index (χ3n) is 1.20. The Morgan fingerprint density at radius 2 is 2.18 bits per heavy atom. The molecule has 0 radical (unpaired) electrons. The van der Waals surface area contributed by atoms with Crippen molar-refractivity contribution in [2.24, 2.45) is 5.73 Å². The molecule has 0 aromatic rings. The Labute approximate surface area is 68.7 Å². The molecule has 0 heterocycles. The van der Waals surface area contributed by atoms with E-state index in [9.17, 15) is 0 Å². The minimum atomic E-state index is 0.750. The fraction of sp³-hybridized carbons (Fsp3) is 0.556. The molecule has 0 unspecified atom stereocenters. The molecule has 0 fully saturated rings. The van der Waals surface area contributed by atoms with E-state index in [-0.39, 0.29) is 0 Å². The molecule has 11 heavy (non-hydrogen) atoms. The van der Waals surface area contributed by atoms with Gasteiger partial charge in [-0.2, -0.15) is 0 Å². The standard InChI is InChI=1S/C7H10O.C2H7N/c1-8-7-5-3-2-4-6-7;1-2-3/h3,5-6H,2,4H2,1H3;2-3H2,1H3. The van der Waals surface area contributed by atoms with Crippen LogP contribution in [0, 0.1) is 0 Å². The molecular formula is C9H17NO. The molecule has 1 rings (SSSR count). The minimum Gasteiger partial charge on any atom is -0.497 e. The summed E-state index contributed by atoms with van der Waals surface area (Å²) in [5, 5.41) is 0. The summed E-state index contributed by atoms with van der Waals surface area (Å²) < 4.78 is 4.97.